The summed E-state index contributed by atoms with van der Waals surface area (Å²) >= 11 is 6.16. The van der Waals surface area contributed by atoms with E-state index in [1.54, 1.807) is 13.8 Å². The van der Waals surface area contributed by atoms with E-state index < -0.39 is 11.4 Å². The molecule has 0 atom stereocenters. The largest absolute Gasteiger partial charge is 0.487 e. The van der Waals surface area contributed by atoms with Crippen molar-refractivity contribution in [3.05, 3.63) is 106 Å². The standard InChI is InChI=1S/C34H35ClN2O3/c1-33(2,3)37-30-19-26(40-21-25-15-12-23-8-6-7-9-29(23)36-25)16-17-27(30)28(18-22-10-13-24(35)14-11-22)31(37)20-34(4,5)32(38)39/h6-17,19H,18,20-21H2,1-5H3,(H,38,39). The van der Waals surface area contributed by atoms with E-state index in [4.69, 9.17) is 21.3 Å². The van der Waals surface area contributed by atoms with Gasteiger partial charge in [0.1, 0.15) is 12.4 Å². The van der Waals surface area contributed by atoms with Gasteiger partial charge in [-0.25, -0.2) is 4.98 Å². The van der Waals surface area contributed by atoms with Crippen LogP contribution in [0.3, 0.4) is 0 Å². The van der Waals surface area contributed by atoms with Crippen LogP contribution in [0.15, 0.2) is 78.9 Å². The molecule has 1 N–H and O–H groups in total. The second kappa shape index (κ2) is 10.6. The molecule has 0 amide bonds. The second-order valence-electron chi connectivity index (χ2n) is 12.1. The van der Waals surface area contributed by atoms with Crippen molar-refractivity contribution in [1.82, 2.24) is 9.55 Å². The summed E-state index contributed by atoms with van der Waals surface area (Å²) in [6.07, 6.45) is 1.07. The molecule has 3 aromatic carbocycles. The summed E-state index contributed by atoms with van der Waals surface area (Å²) in [5.74, 6) is -0.0740. The Labute approximate surface area is 240 Å². The molecule has 0 aliphatic rings. The summed E-state index contributed by atoms with van der Waals surface area (Å²) in [6, 6.07) is 26.1. The molecule has 0 saturated heterocycles. The van der Waals surface area contributed by atoms with Crippen LogP contribution in [0.25, 0.3) is 21.8 Å². The van der Waals surface area contributed by atoms with Crippen LogP contribution >= 0.6 is 11.6 Å². The minimum atomic E-state index is -0.937. The number of rotatable bonds is 8. The number of hydrogen-bond donors (Lipinski definition) is 1. The third-order valence-corrected chi connectivity index (χ3v) is 7.60. The molecule has 0 aliphatic heterocycles. The van der Waals surface area contributed by atoms with Crippen molar-refractivity contribution in [3.8, 4) is 5.75 Å². The third-order valence-electron chi connectivity index (χ3n) is 7.35. The lowest BCUT2D eigenvalue weighted by Gasteiger charge is -2.29. The maximum absolute atomic E-state index is 12.2. The van der Waals surface area contributed by atoms with Gasteiger partial charge < -0.3 is 14.4 Å². The van der Waals surface area contributed by atoms with E-state index in [9.17, 15) is 9.90 Å². The van der Waals surface area contributed by atoms with Crippen LogP contribution in [-0.4, -0.2) is 20.6 Å². The number of para-hydroxylation sites is 1. The molecule has 0 aliphatic carbocycles. The van der Waals surface area contributed by atoms with Crippen LogP contribution in [-0.2, 0) is 29.8 Å². The smallest absolute Gasteiger partial charge is 0.309 e. The Kier molecular flexibility index (Phi) is 7.36. The molecule has 0 radical (unpaired) electrons. The molecule has 0 fully saturated rings. The van der Waals surface area contributed by atoms with Crippen molar-refractivity contribution in [2.24, 2.45) is 5.41 Å². The zero-order valence-electron chi connectivity index (χ0n) is 23.7. The first-order valence-electron chi connectivity index (χ1n) is 13.5. The maximum Gasteiger partial charge on any atom is 0.309 e. The van der Waals surface area contributed by atoms with Crippen LogP contribution in [0, 0.1) is 5.41 Å². The number of carbonyl (C=O) groups is 1. The molecule has 6 heteroatoms. The van der Waals surface area contributed by atoms with Gasteiger partial charge in [-0.15, -0.1) is 0 Å². The number of carboxylic acids is 1. The molecule has 2 aromatic heterocycles. The van der Waals surface area contributed by atoms with E-state index in [-0.39, 0.29) is 5.54 Å². The quantitative estimate of drug-likeness (QED) is 0.209. The number of hydrogen-bond acceptors (Lipinski definition) is 3. The van der Waals surface area contributed by atoms with Gasteiger partial charge in [0.25, 0.3) is 0 Å². The average molecular weight is 555 g/mol. The number of fused-ring (bicyclic) bond motifs is 2. The lowest BCUT2D eigenvalue weighted by molar-refractivity contribution is -0.146. The second-order valence-corrected chi connectivity index (χ2v) is 12.5. The fourth-order valence-electron chi connectivity index (χ4n) is 5.27. The van der Waals surface area contributed by atoms with Gasteiger partial charge in [-0.3, -0.25) is 4.79 Å². The van der Waals surface area contributed by atoms with Crippen LogP contribution in [0.1, 0.15) is 57.1 Å². The van der Waals surface area contributed by atoms with Gasteiger partial charge in [-0.05, 0) is 88.6 Å². The summed E-state index contributed by atoms with van der Waals surface area (Å²) in [5.41, 5.74) is 4.87. The van der Waals surface area contributed by atoms with E-state index in [0.29, 0.717) is 24.5 Å². The lowest BCUT2D eigenvalue weighted by atomic mass is 9.85. The normalized spacial score (nSPS) is 12.2. The Bertz CT molecular complexity index is 1700. The van der Waals surface area contributed by atoms with Gasteiger partial charge in [-0.2, -0.15) is 0 Å². The summed E-state index contributed by atoms with van der Waals surface area (Å²) in [5, 5.41) is 12.9. The molecule has 5 aromatic rings. The Morgan fingerprint density at radius 2 is 1.68 bits per heavy atom. The van der Waals surface area contributed by atoms with Crippen molar-refractivity contribution < 1.29 is 14.6 Å². The van der Waals surface area contributed by atoms with E-state index in [0.717, 1.165) is 50.1 Å². The minimum absolute atomic E-state index is 0.293. The molecule has 0 unspecified atom stereocenters. The fourth-order valence-corrected chi connectivity index (χ4v) is 5.40. The Balaban J connectivity index is 1.59. The van der Waals surface area contributed by atoms with Crippen molar-refractivity contribution in [1.29, 1.82) is 0 Å². The summed E-state index contributed by atoms with van der Waals surface area (Å²) in [4.78, 5) is 17.0. The van der Waals surface area contributed by atoms with E-state index in [1.165, 1.54) is 0 Å². The topological polar surface area (TPSA) is 64.4 Å². The number of pyridine rings is 1. The van der Waals surface area contributed by atoms with Gasteiger partial charge >= 0.3 is 5.97 Å². The van der Waals surface area contributed by atoms with Crippen molar-refractivity contribution in [2.75, 3.05) is 0 Å². The first-order valence-corrected chi connectivity index (χ1v) is 13.9. The zero-order valence-corrected chi connectivity index (χ0v) is 24.4. The number of halogens is 1. The third kappa shape index (κ3) is 5.71. The molecule has 40 heavy (non-hydrogen) atoms. The summed E-state index contributed by atoms with van der Waals surface area (Å²) < 4.78 is 8.54. The summed E-state index contributed by atoms with van der Waals surface area (Å²) in [7, 11) is 0. The van der Waals surface area contributed by atoms with Crippen LogP contribution in [0.5, 0.6) is 5.75 Å². The Morgan fingerprint density at radius 1 is 0.950 bits per heavy atom. The van der Waals surface area contributed by atoms with Crippen LogP contribution < -0.4 is 4.74 Å². The molecular formula is C34H35ClN2O3. The lowest BCUT2D eigenvalue weighted by Crippen LogP contribution is -2.31. The van der Waals surface area contributed by atoms with Crippen LogP contribution in [0.2, 0.25) is 5.02 Å². The fraction of sp³-hybridized carbons (Fsp3) is 0.294. The van der Waals surface area contributed by atoms with E-state index in [1.807, 2.05) is 60.7 Å². The number of carboxylic acid groups (broad SMARTS) is 1. The molecule has 5 nitrogen and oxygen atoms in total. The van der Waals surface area contributed by atoms with Crippen molar-refractivity contribution in [2.45, 2.75) is 59.6 Å². The SMILES string of the molecule is CC(C)(Cc1c(Cc2ccc(Cl)cc2)c2ccc(OCc3ccc4ccccc4n3)cc2n1C(C)(C)C)C(=O)O. The monoisotopic (exact) mass is 554 g/mol. The first kappa shape index (κ1) is 27.7. The van der Waals surface area contributed by atoms with Gasteiger partial charge in [0.15, 0.2) is 0 Å². The number of benzene rings is 3. The highest BCUT2D eigenvalue weighted by Gasteiger charge is 2.33. The molecule has 2 heterocycles. The van der Waals surface area contributed by atoms with E-state index >= 15 is 0 Å². The maximum atomic E-state index is 12.2. The zero-order chi connectivity index (χ0) is 28.7. The average Bonchev–Trinajstić information content (AvgIpc) is 3.20. The first-order chi connectivity index (χ1) is 18.9. The Morgan fingerprint density at radius 3 is 2.38 bits per heavy atom. The predicted molar refractivity (Wildman–Crippen MR) is 162 cm³/mol. The van der Waals surface area contributed by atoms with Crippen LogP contribution in [0.4, 0.5) is 0 Å². The molecular weight excluding hydrogens is 520 g/mol. The number of ether oxygens (including phenoxy) is 1. The highest BCUT2D eigenvalue weighted by Crippen LogP contribution is 2.38. The van der Waals surface area contributed by atoms with Gasteiger partial charge in [0, 0.05) is 39.5 Å². The molecule has 0 bridgehead atoms. The van der Waals surface area contributed by atoms with Crippen molar-refractivity contribution in [3.63, 3.8) is 0 Å². The molecule has 5 rings (SSSR count). The van der Waals surface area contributed by atoms with Gasteiger partial charge in [0.2, 0.25) is 0 Å². The number of nitrogens with zero attached hydrogens (tertiary/aromatic N) is 2. The number of aliphatic carboxylic acids is 1. The highest BCUT2D eigenvalue weighted by atomic mass is 35.5. The molecule has 0 spiro atoms. The predicted octanol–water partition coefficient (Wildman–Crippen LogP) is 8.42. The summed E-state index contributed by atoms with van der Waals surface area (Å²) in [6.45, 7) is 10.4. The Hall–Kier alpha value is -3.83. The van der Waals surface area contributed by atoms with Gasteiger partial charge in [0.05, 0.1) is 22.1 Å². The number of aromatic nitrogens is 2. The van der Waals surface area contributed by atoms with Gasteiger partial charge in [-0.1, -0.05) is 48.0 Å². The highest BCUT2D eigenvalue weighted by molar-refractivity contribution is 6.30. The molecule has 206 valence electrons. The van der Waals surface area contributed by atoms with Crippen molar-refractivity contribution >= 4 is 39.4 Å². The minimum Gasteiger partial charge on any atom is -0.487 e. The molecule has 0 saturated carbocycles. The van der Waals surface area contributed by atoms with E-state index in [2.05, 4.69) is 43.5 Å².